The fourth-order valence-electron chi connectivity index (χ4n) is 4.50. The Kier molecular flexibility index (Phi) is 7.73. The van der Waals surface area contributed by atoms with Crippen molar-refractivity contribution in [2.45, 2.75) is 32.2 Å². The van der Waals surface area contributed by atoms with Gasteiger partial charge in [0, 0.05) is 32.0 Å². The number of nitrogens with one attached hydrogen (secondary N) is 2. The predicted molar refractivity (Wildman–Crippen MR) is 127 cm³/mol. The van der Waals surface area contributed by atoms with E-state index in [0.717, 1.165) is 43.8 Å². The maximum absolute atomic E-state index is 13.3. The Labute approximate surface area is 195 Å². The lowest BCUT2D eigenvalue weighted by atomic mass is 9.74. The molecule has 1 aromatic carbocycles. The van der Waals surface area contributed by atoms with Crippen molar-refractivity contribution in [3.05, 3.63) is 72.1 Å². The van der Waals surface area contributed by atoms with Gasteiger partial charge in [-0.15, -0.1) is 0 Å². The Hall–Kier alpha value is -3.19. The molecule has 2 aliphatic heterocycles. The summed E-state index contributed by atoms with van der Waals surface area (Å²) in [6.07, 6.45) is 10.9. The quantitative estimate of drug-likeness (QED) is 0.690. The van der Waals surface area contributed by atoms with Crippen molar-refractivity contribution in [2.24, 2.45) is 5.41 Å². The van der Waals surface area contributed by atoms with Gasteiger partial charge in [0.25, 0.3) is 5.91 Å². The number of hydrogen-bond donors (Lipinski definition) is 2. The van der Waals surface area contributed by atoms with Crippen LogP contribution < -0.4 is 15.4 Å². The highest BCUT2D eigenvalue weighted by molar-refractivity contribution is 5.83. The second kappa shape index (κ2) is 11.1. The number of fused-ring (bicyclic) bond motifs is 1. The Morgan fingerprint density at radius 1 is 0.970 bits per heavy atom. The van der Waals surface area contributed by atoms with Crippen LogP contribution >= 0.6 is 0 Å². The van der Waals surface area contributed by atoms with Crippen LogP contribution in [0.25, 0.3) is 0 Å². The number of piperidine rings is 1. The molecular formula is C26H32N4O3. The third-order valence-electron chi connectivity index (χ3n) is 6.53. The molecule has 3 heterocycles. The normalized spacial score (nSPS) is 21.0. The number of likely N-dealkylation sites (tertiary alicyclic amines) is 1. The third kappa shape index (κ3) is 6.20. The lowest BCUT2D eigenvalue weighted by Crippen LogP contribution is -2.49. The summed E-state index contributed by atoms with van der Waals surface area (Å²) in [7, 11) is 0. The van der Waals surface area contributed by atoms with Gasteiger partial charge in [0.2, 0.25) is 5.91 Å². The molecule has 0 saturated carbocycles. The average Bonchev–Trinajstić information content (AvgIpc) is 2.85. The molecule has 2 aliphatic rings. The Morgan fingerprint density at radius 3 is 2.55 bits per heavy atom. The summed E-state index contributed by atoms with van der Waals surface area (Å²) in [5, 5.41) is 5.88. The van der Waals surface area contributed by atoms with Gasteiger partial charge in [-0.25, -0.2) is 0 Å². The number of allylic oxidation sites excluding steroid dienone is 2. The Bertz CT molecular complexity index is 969. The number of aromatic nitrogens is 1. The maximum atomic E-state index is 13.3. The van der Waals surface area contributed by atoms with Crippen molar-refractivity contribution in [1.29, 1.82) is 0 Å². The highest BCUT2D eigenvalue weighted by atomic mass is 16.5. The highest BCUT2D eigenvalue weighted by Crippen LogP contribution is 2.36. The van der Waals surface area contributed by atoms with Crippen LogP contribution in [0, 0.1) is 5.41 Å². The van der Waals surface area contributed by atoms with Crippen LogP contribution in [0.5, 0.6) is 5.75 Å². The first-order valence-corrected chi connectivity index (χ1v) is 11.7. The summed E-state index contributed by atoms with van der Waals surface area (Å²) in [4.78, 5) is 31.9. The topological polar surface area (TPSA) is 83.6 Å². The van der Waals surface area contributed by atoms with Crippen LogP contribution in [0.4, 0.5) is 0 Å². The van der Waals surface area contributed by atoms with Crippen LogP contribution in [0.3, 0.4) is 0 Å². The van der Waals surface area contributed by atoms with Crippen LogP contribution in [-0.4, -0.2) is 54.5 Å². The Morgan fingerprint density at radius 2 is 1.73 bits per heavy atom. The van der Waals surface area contributed by atoms with E-state index in [9.17, 15) is 9.59 Å². The van der Waals surface area contributed by atoms with Crippen molar-refractivity contribution in [3.8, 4) is 5.75 Å². The van der Waals surface area contributed by atoms with Crippen molar-refractivity contribution in [3.63, 3.8) is 0 Å². The summed E-state index contributed by atoms with van der Waals surface area (Å²) in [6.45, 7) is 3.38. The first kappa shape index (κ1) is 23.0. The van der Waals surface area contributed by atoms with Gasteiger partial charge in [0.05, 0.1) is 5.41 Å². The van der Waals surface area contributed by atoms with E-state index in [1.54, 1.807) is 0 Å². The van der Waals surface area contributed by atoms with Gasteiger partial charge >= 0.3 is 0 Å². The second-order valence-electron chi connectivity index (χ2n) is 8.79. The molecular weight excluding hydrogens is 416 g/mol. The van der Waals surface area contributed by atoms with Crippen molar-refractivity contribution < 1.29 is 14.3 Å². The zero-order valence-electron chi connectivity index (χ0n) is 19.0. The molecule has 1 fully saturated rings. The van der Waals surface area contributed by atoms with E-state index in [2.05, 4.69) is 32.7 Å². The van der Waals surface area contributed by atoms with Gasteiger partial charge in [-0.1, -0.05) is 30.4 Å². The molecule has 33 heavy (non-hydrogen) atoms. The molecule has 0 aliphatic carbocycles. The molecule has 0 atom stereocenters. The summed E-state index contributed by atoms with van der Waals surface area (Å²) in [5.41, 5.74) is 1.84. The minimum atomic E-state index is -0.425. The molecule has 0 bridgehead atoms. The minimum absolute atomic E-state index is 0.0358. The fourth-order valence-corrected chi connectivity index (χ4v) is 4.50. The summed E-state index contributed by atoms with van der Waals surface area (Å²) in [5.74, 6) is 0.612. The van der Waals surface area contributed by atoms with Crippen molar-refractivity contribution in [1.82, 2.24) is 20.5 Å². The van der Waals surface area contributed by atoms with Crippen molar-refractivity contribution in [2.75, 3.05) is 32.8 Å². The van der Waals surface area contributed by atoms with E-state index in [0.29, 0.717) is 25.9 Å². The molecule has 1 spiro atoms. The van der Waals surface area contributed by atoms with Gasteiger partial charge in [-0.05, 0) is 68.1 Å². The second-order valence-corrected chi connectivity index (χ2v) is 8.79. The third-order valence-corrected chi connectivity index (χ3v) is 6.53. The highest BCUT2D eigenvalue weighted by Gasteiger charge is 2.40. The molecule has 2 aromatic rings. The largest absolute Gasteiger partial charge is 0.483 e. The standard InChI is InChI=1S/C26H32N4O3/c31-24-20-33-23-7-2-1-5-22(23)6-3-4-10-26(25(32)29-16-15-28-24)11-17-30(18-12-26)19-21-8-13-27-14-9-21/h1-5,7-9,13-14H,6,10-12,15-20H2,(H,28,31)(H,29,32)/b4-3+. The smallest absolute Gasteiger partial charge is 0.258 e. The first-order chi connectivity index (χ1) is 16.1. The van der Waals surface area contributed by atoms with Crippen molar-refractivity contribution >= 4 is 11.8 Å². The van der Waals surface area contributed by atoms with E-state index >= 15 is 0 Å². The molecule has 0 radical (unpaired) electrons. The minimum Gasteiger partial charge on any atom is -0.483 e. The molecule has 2 N–H and O–H groups in total. The lowest BCUT2D eigenvalue weighted by Gasteiger charge is -2.40. The van der Waals surface area contributed by atoms with Crippen LogP contribution in [-0.2, 0) is 22.6 Å². The van der Waals surface area contributed by atoms with Crippen LogP contribution in [0.2, 0.25) is 0 Å². The lowest BCUT2D eigenvalue weighted by molar-refractivity contribution is -0.134. The Balaban J connectivity index is 1.45. The van der Waals surface area contributed by atoms with E-state index in [-0.39, 0.29) is 18.4 Å². The summed E-state index contributed by atoms with van der Waals surface area (Å²) >= 11 is 0. The molecule has 1 aromatic heterocycles. The molecule has 4 rings (SSSR count). The number of carbonyl (C=O) groups excluding carboxylic acids is 2. The van der Waals surface area contributed by atoms with Crippen LogP contribution in [0.1, 0.15) is 30.4 Å². The number of rotatable bonds is 2. The zero-order valence-corrected chi connectivity index (χ0v) is 19.0. The van der Waals surface area contributed by atoms with Gasteiger partial charge in [-0.2, -0.15) is 0 Å². The molecule has 2 amide bonds. The number of amides is 2. The van der Waals surface area contributed by atoms with Gasteiger partial charge in [0.15, 0.2) is 6.61 Å². The summed E-state index contributed by atoms with van der Waals surface area (Å²) in [6, 6.07) is 11.9. The van der Waals surface area contributed by atoms with Gasteiger partial charge in [-0.3, -0.25) is 19.5 Å². The molecule has 174 valence electrons. The number of hydrogen-bond acceptors (Lipinski definition) is 5. The predicted octanol–water partition coefficient (Wildman–Crippen LogP) is 2.48. The van der Waals surface area contributed by atoms with E-state index in [1.165, 1.54) is 5.56 Å². The first-order valence-electron chi connectivity index (χ1n) is 11.7. The SMILES string of the molecule is O=C1COc2ccccc2C/C=C/CC2(CCN(Cc3ccncc3)CC2)C(=O)NCCN1. The monoisotopic (exact) mass is 448 g/mol. The van der Waals surface area contributed by atoms with E-state index < -0.39 is 5.41 Å². The number of benzene rings is 1. The molecule has 7 nitrogen and oxygen atoms in total. The van der Waals surface area contributed by atoms with E-state index in [4.69, 9.17) is 4.74 Å². The van der Waals surface area contributed by atoms with E-state index in [1.807, 2.05) is 48.8 Å². The van der Waals surface area contributed by atoms with Gasteiger partial charge < -0.3 is 15.4 Å². The molecule has 7 heteroatoms. The molecule has 0 unspecified atom stereocenters. The number of ether oxygens (including phenoxy) is 1. The fraction of sp³-hybridized carbons (Fsp3) is 0.423. The average molecular weight is 449 g/mol. The van der Waals surface area contributed by atoms with Crippen LogP contribution in [0.15, 0.2) is 60.9 Å². The maximum Gasteiger partial charge on any atom is 0.258 e. The zero-order chi connectivity index (χ0) is 22.9. The number of para-hydroxylation sites is 1. The number of pyridine rings is 1. The van der Waals surface area contributed by atoms with Gasteiger partial charge in [0.1, 0.15) is 5.75 Å². The summed E-state index contributed by atoms with van der Waals surface area (Å²) < 4.78 is 5.72. The number of carbonyl (C=O) groups is 2. The number of nitrogens with zero attached hydrogens (tertiary/aromatic N) is 2. The molecule has 1 saturated heterocycles.